The quantitative estimate of drug-likeness (QED) is 0.651. The van der Waals surface area contributed by atoms with Gasteiger partial charge in [-0.15, -0.1) is 22.7 Å². The molecule has 1 aliphatic rings. The number of thiophene rings is 1. The highest BCUT2D eigenvalue weighted by molar-refractivity contribution is 7.20. The average Bonchev–Trinajstić information content (AvgIpc) is 3.40. The zero-order valence-electron chi connectivity index (χ0n) is 15.1. The predicted molar refractivity (Wildman–Crippen MR) is 111 cm³/mol. The molecule has 4 rings (SSSR count). The van der Waals surface area contributed by atoms with Gasteiger partial charge in [-0.3, -0.25) is 4.79 Å². The van der Waals surface area contributed by atoms with Gasteiger partial charge in [0.05, 0.1) is 18.1 Å². The van der Waals surface area contributed by atoms with E-state index < -0.39 is 0 Å². The summed E-state index contributed by atoms with van der Waals surface area (Å²) >= 11 is 3.15. The molecule has 140 valence electrons. The van der Waals surface area contributed by atoms with Crippen molar-refractivity contribution in [3.63, 3.8) is 0 Å². The lowest BCUT2D eigenvalue weighted by atomic mass is 10.1. The number of anilines is 1. The van der Waals surface area contributed by atoms with Crippen LogP contribution in [0.5, 0.6) is 0 Å². The minimum Gasteiger partial charge on any atom is -0.378 e. The van der Waals surface area contributed by atoms with Crippen LogP contribution in [0.1, 0.15) is 16.1 Å². The number of nitrogens with zero attached hydrogens (tertiary/aromatic N) is 3. The fraction of sp³-hybridized carbons (Fsp3) is 0.300. The maximum atomic E-state index is 12.7. The zero-order valence-corrected chi connectivity index (χ0v) is 16.8. The van der Waals surface area contributed by atoms with Gasteiger partial charge in [-0.05, 0) is 29.1 Å². The zero-order chi connectivity index (χ0) is 18.6. The van der Waals surface area contributed by atoms with Crippen LogP contribution in [-0.2, 0) is 11.3 Å². The van der Waals surface area contributed by atoms with E-state index in [0.29, 0.717) is 12.2 Å². The van der Waals surface area contributed by atoms with Crippen LogP contribution in [0.4, 0.5) is 5.69 Å². The number of hydrogen-bond acceptors (Lipinski definition) is 6. The molecular formula is C20H21N3O2S2. The molecule has 1 aromatic carbocycles. The summed E-state index contributed by atoms with van der Waals surface area (Å²) in [7, 11) is 1.82. The van der Waals surface area contributed by atoms with Crippen molar-refractivity contribution in [1.82, 2.24) is 9.88 Å². The van der Waals surface area contributed by atoms with Crippen LogP contribution in [0.3, 0.4) is 0 Å². The number of amides is 1. The lowest BCUT2D eigenvalue weighted by Gasteiger charge is -2.29. The summed E-state index contributed by atoms with van der Waals surface area (Å²) in [5, 5.41) is 4.76. The highest BCUT2D eigenvalue weighted by atomic mass is 32.1. The molecule has 0 N–H and O–H groups in total. The molecule has 7 heteroatoms. The highest BCUT2D eigenvalue weighted by Gasteiger charge is 2.17. The Kier molecular flexibility index (Phi) is 5.52. The Morgan fingerprint density at radius 2 is 1.96 bits per heavy atom. The molecule has 5 nitrogen and oxygen atoms in total. The molecule has 1 saturated heterocycles. The maximum absolute atomic E-state index is 12.7. The second-order valence-electron chi connectivity index (χ2n) is 6.44. The van der Waals surface area contributed by atoms with Gasteiger partial charge < -0.3 is 14.5 Å². The third-order valence-corrected chi connectivity index (χ3v) is 6.42. The van der Waals surface area contributed by atoms with Crippen molar-refractivity contribution in [1.29, 1.82) is 0 Å². The summed E-state index contributed by atoms with van der Waals surface area (Å²) in [5.41, 5.74) is 2.82. The van der Waals surface area contributed by atoms with Gasteiger partial charge in [0.1, 0.15) is 10.7 Å². The lowest BCUT2D eigenvalue weighted by molar-refractivity contribution is 0.0780. The van der Waals surface area contributed by atoms with Gasteiger partial charge in [0.25, 0.3) is 5.91 Å². The van der Waals surface area contributed by atoms with Crippen molar-refractivity contribution < 1.29 is 9.53 Å². The summed E-state index contributed by atoms with van der Waals surface area (Å²) < 4.78 is 5.40. The van der Waals surface area contributed by atoms with Crippen molar-refractivity contribution in [3.8, 4) is 9.88 Å². The average molecular weight is 400 g/mol. The molecule has 0 unspecified atom stereocenters. The van der Waals surface area contributed by atoms with Gasteiger partial charge in [-0.2, -0.15) is 0 Å². The molecule has 27 heavy (non-hydrogen) atoms. The van der Waals surface area contributed by atoms with Crippen molar-refractivity contribution in [2.24, 2.45) is 0 Å². The molecule has 3 aromatic rings. The highest BCUT2D eigenvalue weighted by Crippen LogP contribution is 2.28. The monoisotopic (exact) mass is 399 g/mol. The molecule has 0 spiro atoms. The van der Waals surface area contributed by atoms with E-state index in [0.717, 1.165) is 41.8 Å². The number of benzene rings is 1. The van der Waals surface area contributed by atoms with E-state index in [-0.39, 0.29) is 5.91 Å². The van der Waals surface area contributed by atoms with Crippen LogP contribution in [0.25, 0.3) is 9.88 Å². The largest absolute Gasteiger partial charge is 0.378 e. The number of morpholine rings is 1. The number of carbonyl (C=O) groups excluding carboxylic acids is 1. The number of aromatic nitrogens is 1. The van der Waals surface area contributed by atoms with Crippen LogP contribution < -0.4 is 4.90 Å². The Bertz CT molecular complexity index is 884. The van der Waals surface area contributed by atoms with E-state index >= 15 is 0 Å². The summed E-state index contributed by atoms with van der Waals surface area (Å²) in [6, 6.07) is 12.4. The molecule has 2 aromatic heterocycles. The van der Waals surface area contributed by atoms with Crippen molar-refractivity contribution >= 4 is 34.3 Å². The van der Waals surface area contributed by atoms with Crippen LogP contribution >= 0.6 is 22.7 Å². The number of rotatable bonds is 5. The number of hydrogen-bond donors (Lipinski definition) is 0. The number of thiazole rings is 1. The van der Waals surface area contributed by atoms with E-state index in [2.05, 4.69) is 34.1 Å². The smallest absolute Gasteiger partial charge is 0.273 e. The Morgan fingerprint density at radius 1 is 1.19 bits per heavy atom. The lowest BCUT2D eigenvalue weighted by Crippen LogP contribution is -2.36. The predicted octanol–water partition coefficient (Wildman–Crippen LogP) is 3.98. The van der Waals surface area contributed by atoms with Gasteiger partial charge in [0, 0.05) is 37.7 Å². The van der Waals surface area contributed by atoms with Gasteiger partial charge in [-0.25, -0.2) is 4.98 Å². The normalized spacial score (nSPS) is 14.3. The van der Waals surface area contributed by atoms with E-state index in [4.69, 9.17) is 4.74 Å². The summed E-state index contributed by atoms with van der Waals surface area (Å²) in [6.45, 7) is 3.97. The summed E-state index contributed by atoms with van der Waals surface area (Å²) in [5.74, 6) is -0.0497. The topological polar surface area (TPSA) is 45.7 Å². The van der Waals surface area contributed by atoms with E-state index in [1.165, 1.54) is 17.0 Å². The van der Waals surface area contributed by atoms with Crippen LogP contribution in [0.2, 0.25) is 0 Å². The molecule has 0 atom stereocenters. The van der Waals surface area contributed by atoms with Crippen LogP contribution in [0, 0.1) is 0 Å². The first-order valence-corrected chi connectivity index (χ1v) is 10.6. The number of carbonyl (C=O) groups is 1. The second kappa shape index (κ2) is 8.21. The SMILES string of the molecule is CN(Cc1ccc(N2CCOCC2)cc1)C(=O)c1csc(-c2cccs2)n1. The third kappa shape index (κ3) is 4.21. The van der Waals surface area contributed by atoms with Gasteiger partial charge in [-0.1, -0.05) is 18.2 Å². The Hall–Kier alpha value is -2.22. The van der Waals surface area contributed by atoms with E-state index in [1.807, 2.05) is 29.9 Å². The molecule has 0 aliphatic carbocycles. The minimum atomic E-state index is -0.0497. The fourth-order valence-electron chi connectivity index (χ4n) is 3.06. The molecule has 0 saturated carbocycles. The molecule has 0 radical (unpaired) electrons. The van der Waals surface area contributed by atoms with Crippen LogP contribution in [-0.4, -0.2) is 49.1 Å². The minimum absolute atomic E-state index is 0.0497. The third-order valence-electron chi connectivity index (χ3n) is 4.53. The van der Waals surface area contributed by atoms with E-state index in [1.54, 1.807) is 16.2 Å². The standard InChI is InChI=1S/C20H21N3O2S2/c1-22(20(24)17-14-27-19(21-17)18-3-2-12-26-18)13-15-4-6-16(7-5-15)23-8-10-25-11-9-23/h2-7,12,14H,8-11,13H2,1H3. The molecule has 3 heterocycles. The molecule has 1 fully saturated rings. The summed E-state index contributed by atoms with van der Waals surface area (Å²) in [6.07, 6.45) is 0. The Balaban J connectivity index is 1.39. The molecule has 1 amide bonds. The van der Waals surface area contributed by atoms with E-state index in [9.17, 15) is 4.79 Å². The molecular weight excluding hydrogens is 378 g/mol. The van der Waals surface area contributed by atoms with Gasteiger partial charge in [0.15, 0.2) is 0 Å². The fourth-order valence-corrected chi connectivity index (χ4v) is 4.67. The second-order valence-corrected chi connectivity index (χ2v) is 8.25. The molecule has 0 bridgehead atoms. The summed E-state index contributed by atoms with van der Waals surface area (Å²) in [4.78, 5) is 22.3. The number of ether oxygens (including phenoxy) is 1. The Labute approximate surface area is 166 Å². The van der Waals surface area contributed by atoms with Crippen molar-refractivity contribution in [2.45, 2.75) is 6.54 Å². The maximum Gasteiger partial charge on any atom is 0.273 e. The first kappa shape index (κ1) is 18.2. The molecule has 1 aliphatic heterocycles. The van der Waals surface area contributed by atoms with Crippen LogP contribution in [0.15, 0.2) is 47.2 Å². The van der Waals surface area contributed by atoms with Gasteiger partial charge in [0.2, 0.25) is 0 Å². The van der Waals surface area contributed by atoms with Crippen molar-refractivity contribution in [3.05, 3.63) is 58.4 Å². The van der Waals surface area contributed by atoms with Crippen molar-refractivity contribution in [2.75, 3.05) is 38.3 Å². The Morgan fingerprint density at radius 3 is 2.67 bits per heavy atom. The van der Waals surface area contributed by atoms with Gasteiger partial charge >= 0.3 is 0 Å². The first-order valence-electron chi connectivity index (χ1n) is 8.87. The first-order chi connectivity index (χ1) is 13.2.